The van der Waals surface area contributed by atoms with Crippen molar-refractivity contribution in [2.45, 2.75) is 44.7 Å². The Bertz CT molecular complexity index is 999. The molecule has 3 aromatic heterocycles. The summed E-state index contributed by atoms with van der Waals surface area (Å²) in [6.07, 6.45) is 8.23. The number of alkyl halides is 2. The molecule has 0 radical (unpaired) electrons. The molecule has 1 atom stereocenters. The Morgan fingerprint density at radius 3 is 3.00 bits per heavy atom. The van der Waals surface area contributed by atoms with E-state index in [1.807, 2.05) is 6.07 Å². The third-order valence-electron chi connectivity index (χ3n) is 5.02. The molecule has 4 rings (SSSR count). The van der Waals surface area contributed by atoms with Crippen molar-refractivity contribution in [3.8, 4) is 0 Å². The van der Waals surface area contributed by atoms with Crippen molar-refractivity contribution < 1.29 is 18.7 Å². The molecule has 1 fully saturated rings. The van der Waals surface area contributed by atoms with Gasteiger partial charge in [0.15, 0.2) is 0 Å². The van der Waals surface area contributed by atoms with Gasteiger partial charge in [0, 0.05) is 42.9 Å². The largest absolute Gasteiger partial charge is 0.480 e. The summed E-state index contributed by atoms with van der Waals surface area (Å²) >= 11 is 0. The van der Waals surface area contributed by atoms with Crippen LogP contribution in [0.4, 0.5) is 20.4 Å². The predicted molar refractivity (Wildman–Crippen MR) is 97.6 cm³/mol. The maximum atomic E-state index is 14.2. The lowest BCUT2D eigenvalue weighted by molar-refractivity contribution is -0.137. The van der Waals surface area contributed by atoms with Crippen LogP contribution in [0.1, 0.15) is 25.7 Å². The zero-order chi connectivity index (χ0) is 19.7. The number of halogens is 2. The Labute approximate surface area is 159 Å². The van der Waals surface area contributed by atoms with Gasteiger partial charge >= 0.3 is 5.97 Å². The number of fused-ring (bicyclic) bond motifs is 1. The number of nitrogens with zero attached hydrogens (tertiary/aromatic N) is 5. The highest BCUT2D eigenvalue weighted by Gasteiger charge is 2.41. The van der Waals surface area contributed by atoms with E-state index in [2.05, 4.69) is 20.4 Å². The lowest BCUT2D eigenvalue weighted by atomic mass is 9.85. The Morgan fingerprint density at radius 2 is 2.21 bits per heavy atom. The van der Waals surface area contributed by atoms with Gasteiger partial charge in [-0.2, -0.15) is 10.1 Å². The van der Waals surface area contributed by atoms with Crippen molar-refractivity contribution in [2.75, 3.05) is 5.32 Å². The van der Waals surface area contributed by atoms with Crippen LogP contribution in [0.15, 0.2) is 30.9 Å². The summed E-state index contributed by atoms with van der Waals surface area (Å²) in [6.45, 7) is -0.0382. The quantitative estimate of drug-likeness (QED) is 0.670. The van der Waals surface area contributed by atoms with Crippen molar-refractivity contribution in [1.29, 1.82) is 0 Å². The summed E-state index contributed by atoms with van der Waals surface area (Å²) in [7, 11) is 0. The van der Waals surface area contributed by atoms with Gasteiger partial charge in [0.2, 0.25) is 5.95 Å². The fourth-order valence-corrected chi connectivity index (χ4v) is 3.59. The number of hydrogen-bond donors (Lipinski definition) is 2. The smallest absolute Gasteiger partial charge is 0.325 e. The van der Waals surface area contributed by atoms with Crippen LogP contribution in [0.25, 0.3) is 11.0 Å². The maximum Gasteiger partial charge on any atom is 0.325 e. The van der Waals surface area contributed by atoms with Crippen molar-refractivity contribution in [2.24, 2.45) is 5.92 Å². The second-order valence-electron chi connectivity index (χ2n) is 7.09. The maximum absolute atomic E-state index is 14.2. The molecule has 0 bridgehead atoms. The third kappa shape index (κ3) is 3.80. The number of hydrogen-bond acceptors (Lipinski definition) is 5. The van der Waals surface area contributed by atoms with Crippen LogP contribution in [0.2, 0.25) is 0 Å². The van der Waals surface area contributed by atoms with Gasteiger partial charge in [-0.3, -0.25) is 9.48 Å². The lowest BCUT2D eigenvalue weighted by Crippen LogP contribution is -2.34. The van der Waals surface area contributed by atoms with Crippen LogP contribution in [-0.2, 0) is 17.9 Å². The van der Waals surface area contributed by atoms with Gasteiger partial charge in [-0.25, -0.2) is 13.8 Å². The number of nitrogens with one attached hydrogen (secondary N) is 1. The first-order valence-electron chi connectivity index (χ1n) is 9.12. The molecule has 148 valence electrons. The second-order valence-corrected chi connectivity index (χ2v) is 7.09. The molecule has 3 aromatic rings. The molecule has 3 heterocycles. The summed E-state index contributed by atoms with van der Waals surface area (Å²) in [4.78, 5) is 19.4. The minimum Gasteiger partial charge on any atom is -0.480 e. The zero-order valence-electron chi connectivity index (χ0n) is 15.1. The van der Waals surface area contributed by atoms with E-state index in [1.54, 1.807) is 17.0 Å². The number of rotatable bonds is 6. The van der Waals surface area contributed by atoms with Crippen molar-refractivity contribution >= 4 is 28.6 Å². The summed E-state index contributed by atoms with van der Waals surface area (Å²) in [6, 6.07) is 1.81. The molecule has 1 aliphatic rings. The number of aliphatic carboxylic acids is 1. The van der Waals surface area contributed by atoms with Gasteiger partial charge in [-0.05, 0) is 18.9 Å². The molecule has 8 nitrogen and oxygen atoms in total. The second kappa shape index (κ2) is 7.17. The van der Waals surface area contributed by atoms with Crippen LogP contribution < -0.4 is 5.32 Å². The molecule has 0 spiro atoms. The van der Waals surface area contributed by atoms with Gasteiger partial charge in [0.05, 0.1) is 11.9 Å². The first-order chi connectivity index (χ1) is 13.4. The van der Waals surface area contributed by atoms with E-state index in [9.17, 15) is 13.6 Å². The fourth-order valence-electron chi connectivity index (χ4n) is 3.59. The molecule has 10 heteroatoms. The third-order valence-corrected chi connectivity index (χ3v) is 5.02. The fraction of sp³-hybridized carbons (Fsp3) is 0.444. The average Bonchev–Trinajstić information content (AvgIpc) is 3.23. The standard InChI is InChI=1S/C18H20F2N6O2/c19-18(20)5-2-1-3-13(18)9-25-6-4-12-7-21-17(24-16(12)25)23-14-8-22-26(10-14)11-15(27)28/h4,6-8,10,13H,1-3,5,9,11H2,(H,27,28)(H,21,23,24). The molecule has 1 aliphatic carbocycles. The van der Waals surface area contributed by atoms with Crippen LogP contribution >= 0.6 is 0 Å². The molecular weight excluding hydrogens is 370 g/mol. The minimum absolute atomic E-state index is 0.0566. The van der Waals surface area contributed by atoms with Gasteiger partial charge in [0.25, 0.3) is 5.92 Å². The summed E-state index contributed by atoms with van der Waals surface area (Å²) in [5.41, 5.74) is 1.12. The molecular formula is C18H20F2N6O2. The molecule has 1 unspecified atom stereocenters. The Morgan fingerprint density at radius 1 is 1.36 bits per heavy atom. The Balaban J connectivity index is 1.54. The van der Waals surface area contributed by atoms with Gasteiger partial charge < -0.3 is 15.0 Å². The highest BCUT2D eigenvalue weighted by molar-refractivity contribution is 5.76. The number of carboxylic acid groups (broad SMARTS) is 1. The van der Waals surface area contributed by atoms with Crippen LogP contribution in [0.5, 0.6) is 0 Å². The van der Waals surface area contributed by atoms with Crippen molar-refractivity contribution in [3.63, 3.8) is 0 Å². The van der Waals surface area contributed by atoms with Crippen LogP contribution in [0.3, 0.4) is 0 Å². The molecule has 0 saturated heterocycles. The Hall–Kier alpha value is -3.04. The lowest BCUT2D eigenvalue weighted by Gasteiger charge is -2.31. The number of anilines is 2. The monoisotopic (exact) mass is 390 g/mol. The molecule has 0 aliphatic heterocycles. The molecule has 2 N–H and O–H groups in total. The van der Waals surface area contributed by atoms with E-state index in [4.69, 9.17) is 5.11 Å². The first kappa shape index (κ1) is 18.3. The Kier molecular flexibility index (Phi) is 4.70. The highest BCUT2D eigenvalue weighted by Crippen LogP contribution is 2.39. The van der Waals surface area contributed by atoms with E-state index in [1.165, 1.54) is 17.1 Å². The minimum atomic E-state index is -2.65. The van der Waals surface area contributed by atoms with Gasteiger partial charge in [-0.1, -0.05) is 6.42 Å². The number of carbonyl (C=O) groups is 1. The topological polar surface area (TPSA) is 97.9 Å². The van der Waals surface area contributed by atoms with Crippen molar-refractivity contribution in [3.05, 3.63) is 30.9 Å². The molecule has 0 amide bonds. The molecule has 0 aromatic carbocycles. The number of carboxylic acids is 1. The summed E-state index contributed by atoms with van der Waals surface area (Å²) in [5, 5.41) is 16.5. The van der Waals surface area contributed by atoms with E-state index >= 15 is 0 Å². The summed E-state index contributed by atoms with van der Waals surface area (Å²) in [5.74, 6) is -4.05. The van der Waals surface area contributed by atoms with Crippen LogP contribution in [-0.4, -0.2) is 41.3 Å². The van der Waals surface area contributed by atoms with E-state index in [-0.39, 0.29) is 25.5 Å². The van der Waals surface area contributed by atoms with E-state index in [0.29, 0.717) is 24.2 Å². The van der Waals surface area contributed by atoms with Crippen molar-refractivity contribution in [1.82, 2.24) is 24.3 Å². The molecule has 1 saturated carbocycles. The normalized spacial score (nSPS) is 19.0. The van der Waals surface area contributed by atoms with Gasteiger partial charge in [-0.15, -0.1) is 0 Å². The van der Waals surface area contributed by atoms with Gasteiger partial charge in [0.1, 0.15) is 12.2 Å². The SMILES string of the molecule is O=C(O)Cn1cc(Nc2ncc3ccn(CC4CCCCC4(F)F)c3n2)cn1. The molecule has 28 heavy (non-hydrogen) atoms. The highest BCUT2D eigenvalue weighted by atomic mass is 19.3. The number of aromatic nitrogens is 5. The average molecular weight is 390 g/mol. The van der Waals surface area contributed by atoms with E-state index < -0.39 is 17.8 Å². The van der Waals surface area contributed by atoms with Crippen LogP contribution in [0, 0.1) is 5.92 Å². The summed E-state index contributed by atoms with van der Waals surface area (Å²) < 4.78 is 31.4. The zero-order valence-corrected chi connectivity index (χ0v) is 15.1. The van der Waals surface area contributed by atoms with E-state index in [0.717, 1.165) is 11.8 Å². The predicted octanol–water partition coefficient (Wildman–Crippen LogP) is 3.28. The first-order valence-corrected chi connectivity index (χ1v) is 9.12.